The number of aliphatic carboxylic acids is 1. The van der Waals surface area contributed by atoms with Gasteiger partial charge in [0.05, 0.1) is 11.4 Å². The smallest absolute Gasteiger partial charge is 0.300 e. The maximum Gasteiger partial charge on any atom is 0.300 e. The topological polar surface area (TPSA) is 145 Å². The monoisotopic (exact) mass is 532 g/mol. The molecule has 4 N–H and O–H groups in total. The number of piperazine rings is 1. The predicted molar refractivity (Wildman–Crippen MR) is 146 cm³/mol. The lowest BCUT2D eigenvalue weighted by atomic mass is 10.0. The number of nitrogen functional groups attached to an aromatic ring is 1. The Bertz CT molecular complexity index is 1650. The molecule has 1 fully saturated rings. The predicted octanol–water partition coefficient (Wildman–Crippen LogP) is 3.40. The van der Waals surface area contributed by atoms with E-state index in [1.165, 1.54) is 4.31 Å². The van der Waals surface area contributed by atoms with Gasteiger partial charge in [0.2, 0.25) is 15.9 Å². The highest BCUT2D eigenvalue weighted by Crippen LogP contribution is 2.24. The number of fused-ring (bicyclic) bond motifs is 2. The van der Waals surface area contributed by atoms with Gasteiger partial charge in [-0.3, -0.25) is 15.0 Å². The molecule has 10 heteroatoms. The van der Waals surface area contributed by atoms with Crippen LogP contribution in [0, 0.1) is 5.41 Å². The van der Waals surface area contributed by atoms with E-state index < -0.39 is 16.0 Å². The van der Waals surface area contributed by atoms with Crippen LogP contribution in [0.15, 0.2) is 83.8 Å². The van der Waals surface area contributed by atoms with E-state index in [4.69, 9.17) is 21.0 Å². The number of amides is 1. The maximum atomic E-state index is 13.2. The van der Waals surface area contributed by atoms with E-state index in [0.717, 1.165) is 34.0 Å². The summed E-state index contributed by atoms with van der Waals surface area (Å²) in [5.41, 5.74) is 7.19. The van der Waals surface area contributed by atoms with Crippen LogP contribution in [0.1, 0.15) is 18.1 Å². The maximum absolute atomic E-state index is 13.2. The number of sulfonamides is 1. The van der Waals surface area contributed by atoms with E-state index in [0.29, 0.717) is 18.7 Å². The Labute approximate surface area is 220 Å². The van der Waals surface area contributed by atoms with Crippen LogP contribution in [0.4, 0.5) is 0 Å². The van der Waals surface area contributed by atoms with Crippen molar-refractivity contribution in [2.45, 2.75) is 18.4 Å². The van der Waals surface area contributed by atoms with Crippen LogP contribution in [0.25, 0.3) is 21.5 Å². The van der Waals surface area contributed by atoms with Gasteiger partial charge < -0.3 is 15.7 Å². The van der Waals surface area contributed by atoms with Crippen molar-refractivity contribution in [2.75, 3.05) is 19.6 Å². The molecular weight excluding hydrogens is 504 g/mol. The van der Waals surface area contributed by atoms with Crippen molar-refractivity contribution in [1.82, 2.24) is 9.21 Å². The lowest BCUT2D eigenvalue weighted by Crippen LogP contribution is -2.51. The molecule has 0 radical (unpaired) electrons. The Kier molecular flexibility index (Phi) is 7.75. The number of carboxylic acids is 1. The molecule has 38 heavy (non-hydrogen) atoms. The normalized spacial score (nSPS) is 14.2. The zero-order chi connectivity index (χ0) is 27.4. The third-order valence-corrected chi connectivity index (χ3v) is 8.07. The molecule has 0 spiro atoms. The van der Waals surface area contributed by atoms with Crippen molar-refractivity contribution in [3.8, 4) is 0 Å². The second-order valence-electron chi connectivity index (χ2n) is 8.99. The molecule has 1 saturated heterocycles. The van der Waals surface area contributed by atoms with Gasteiger partial charge in [-0.1, -0.05) is 54.6 Å². The molecule has 1 amide bonds. The Morgan fingerprint density at radius 2 is 1.55 bits per heavy atom. The average molecular weight is 533 g/mol. The summed E-state index contributed by atoms with van der Waals surface area (Å²) >= 11 is 0. The van der Waals surface area contributed by atoms with Gasteiger partial charge in [0.25, 0.3) is 5.97 Å². The van der Waals surface area contributed by atoms with Crippen molar-refractivity contribution in [1.29, 1.82) is 5.41 Å². The highest BCUT2D eigenvalue weighted by Gasteiger charge is 2.33. The highest BCUT2D eigenvalue weighted by atomic mass is 32.2. The van der Waals surface area contributed by atoms with Crippen LogP contribution in [0.3, 0.4) is 0 Å². The van der Waals surface area contributed by atoms with E-state index in [2.05, 4.69) is 0 Å². The Morgan fingerprint density at radius 3 is 2.24 bits per heavy atom. The molecule has 0 unspecified atom stereocenters. The van der Waals surface area contributed by atoms with Crippen molar-refractivity contribution in [3.63, 3.8) is 0 Å². The SMILES string of the molecule is CC(=O)O.N=C(N)c1ccc2ccc(CN3CCN(S(=O)(=O)c4ccc5ccccc5c4)CC3=O)cc2c1. The molecule has 1 aliphatic rings. The van der Waals surface area contributed by atoms with Gasteiger partial charge in [0.1, 0.15) is 5.84 Å². The molecule has 0 bridgehead atoms. The quantitative estimate of drug-likeness (QED) is 0.265. The van der Waals surface area contributed by atoms with Crippen LogP contribution >= 0.6 is 0 Å². The summed E-state index contributed by atoms with van der Waals surface area (Å²) in [7, 11) is -3.77. The first kappa shape index (κ1) is 26.8. The second kappa shape index (κ2) is 11.0. The summed E-state index contributed by atoms with van der Waals surface area (Å²) in [6.45, 7) is 1.85. The first-order valence-electron chi connectivity index (χ1n) is 11.9. The number of carbonyl (C=O) groups excluding carboxylic acids is 1. The fraction of sp³-hybridized carbons (Fsp3) is 0.179. The lowest BCUT2D eigenvalue weighted by molar-refractivity contribution is -0.135. The number of carboxylic acid groups (broad SMARTS) is 1. The molecule has 9 nitrogen and oxygen atoms in total. The summed E-state index contributed by atoms with van der Waals surface area (Å²) in [5.74, 6) is -1.06. The number of nitrogens with one attached hydrogen (secondary N) is 1. The minimum absolute atomic E-state index is 0.00576. The van der Waals surface area contributed by atoms with Crippen LogP contribution < -0.4 is 5.73 Å². The molecule has 1 aliphatic heterocycles. The molecule has 4 aromatic rings. The largest absolute Gasteiger partial charge is 0.481 e. The first-order chi connectivity index (χ1) is 18.0. The zero-order valence-corrected chi connectivity index (χ0v) is 21.6. The average Bonchev–Trinajstić information content (AvgIpc) is 2.88. The second-order valence-corrected chi connectivity index (χ2v) is 10.9. The number of hydrogen-bond donors (Lipinski definition) is 3. The summed E-state index contributed by atoms with van der Waals surface area (Å²) in [4.78, 5) is 23.8. The van der Waals surface area contributed by atoms with Gasteiger partial charge in [-0.25, -0.2) is 8.42 Å². The minimum atomic E-state index is -3.77. The molecule has 196 valence electrons. The Balaban J connectivity index is 0.000000786. The molecule has 0 saturated carbocycles. The molecule has 1 heterocycles. The molecule has 0 atom stereocenters. The summed E-state index contributed by atoms with van der Waals surface area (Å²) in [6, 6.07) is 24.1. The van der Waals surface area contributed by atoms with E-state index >= 15 is 0 Å². The van der Waals surface area contributed by atoms with Crippen molar-refractivity contribution in [2.24, 2.45) is 5.73 Å². The molecular formula is C28H28N4O5S. The minimum Gasteiger partial charge on any atom is -0.481 e. The van der Waals surface area contributed by atoms with Crippen LogP contribution in [-0.2, 0) is 26.2 Å². The third-order valence-electron chi connectivity index (χ3n) is 6.23. The number of nitrogens with two attached hydrogens (primary N) is 1. The fourth-order valence-electron chi connectivity index (χ4n) is 4.32. The molecule has 0 aromatic heterocycles. The highest BCUT2D eigenvalue weighted by molar-refractivity contribution is 7.89. The van der Waals surface area contributed by atoms with Gasteiger partial charge in [0.15, 0.2) is 0 Å². The summed E-state index contributed by atoms with van der Waals surface area (Å²) < 4.78 is 27.7. The van der Waals surface area contributed by atoms with E-state index in [9.17, 15) is 13.2 Å². The van der Waals surface area contributed by atoms with Crippen molar-refractivity contribution < 1.29 is 23.1 Å². The molecule has 0 aliphatic carbocycles. The number of nitrogens with zero attached hydrogens (tertiary/aromatic N) is 2. The Morgan fingerprint density at radius 1 is 0.921 bits per heavy atom. The number of carbonyl (C=O) groups is 2. The van der Waals surface area contributed by atoms with Gasteiger partial charge in [0, 0.05) is 32.1 Å². The van der Waals surface area contributed by atoms with Crippen LogP contribution in [-0.4, -0.2) is 60.1 Å². The standard InChI is InChI=1S/C26H24N4O3S.C2H4O2/c27-26(28)22-8-7-20-6-5-18(13-23(20)14-22)16-29-11-12-30(17-25(29)31)34(32,33)24-10-9-19-3-1-2-4-21(19)15-24;1-2(3)4/h1-10,13-15H,11-12,16-17H2,(H3,27,28);1H3,(H,3,4). The van der Waals surface area contributed by atoms with Gasteiger partial charge in [-0.2, -0.15) is 4.31 Å². The first-order valence-corrected chi connectivity index (χ1v) is 13.3. The van der Waals surface area contributed by atoms with Gasteiger partial charge in [-0.05, 0) is 51.4 Å². The molecule has 4 aromatic carbocycles. The fourth-order valence-corrected chi connectivity index (χ4v) is 5.74. The Hall–Kier alpha value is -4.28. The number of benzene rings is 4. The number of amidine groups is 1. The van der Waals surface area contributed by atoms with E-state index in [-0.39, 0.29) is 29.7 Å². The number of hydrogen-bond acceptors (Lipinski definition) is 5. The van der Waals surface area contributed by atoms with Crippen LogP contribution in [0.5, 0.6) is 0 Å². The van der Waals surface area contributed by atoms with E-state index in [1.807, 2.05) is 60.7 Å². The van der Waals surface area contributed by atoms with Gasteiger partial charge in [-0.15, -0.1) is 0 Å². The summed E-state index contributed by atoms with van der Waals surface area (Å²) in [6.07, 6.45) is 0. The molecule has 5 rings (SSSR count). The van der Waals surface area contributed by atoms with Gasteiger partial charge >= 0.3 is 0 Å². The zero-order valence-electron chi connectivity index (χ0n) is 20.8. The van der Waals surface area contributed by atoms with Crippen molar-refractivity contribution >= 4 is 49.3 Å². The van der Waals surface area contributed by atoms with E-state index in [1.54, 1.807) is 23.1 Å². The third kappa shape index (κ3) is 5.99. The lowest BCUT2D eigenvalue weighted by Gasteiger charge is -2.33. The summed E-state index contributed by atoms with van der Waals surface area (Å²) in [5, 5.41) is 18.8. The van der Waals surface area contributed by atoms with Crippen molar-refractivity contribution in [3.05, 3.63) is 90.0 Å². The van der Waals surface area contributed by atoms with Crippen LogP contribution in [0.2, 0.25) is 0 Å². The number of rotatable bonds is 5.